The van der Waals surface area contributed by atoms with E-state index in [-0.39, 0.29) is 12.5 Å². The number of aliphatic hydroxyl groups excluding tert-OH is 8. The average molecular weight is 1090 g/mol. The molecule has 446 valence electrons. The Morgan fingerprint density at radius 3 is 1.38 bits per heavy atom. The Balaban J connectivity index is 1.57. The average Bonchev–Trinajstić information content (AvgIpc) is 3.44. The van der Waals surface area contributed by atoms with E-state index in [0.717, 1.165) is 89.9 Å². The van der Waals surface area contributed by atoms with Crippen LogP contribution in [0.15, 0.2) is 72.9 Å². The van der Waals surface area contributed by atoms with E-state index >= 15 is 0 Å². The highest BCUT2D eigenvalue weighted by Gasteiger charge is 2.51. The maximum atomic E-state index is 13.2. The summed E-state index contributed by atoms with van der Waals surface area (Å²) in [5.41, 5.74) is 0. The van der Waals surface area contributed by atoms with Gasteiger partial charge in [-0.2, -0.15) is 0 Å². The lowest BCUT2D eigenvalue weighted by atomic mass is 9.97. The fourth-order valence-corrected chi connectivity index (χ4v) is 9.77. The van der Waals surface area contributed by atoms with Crippen molar-refractivity contribution in [2.24, 2.45) is 0 Å². The minimum Gasteiger partial charge on any atom is -0.394 e. The molecule has 0 aromatic heterocycles. The Morgan fingerprint density at radius 1 is 0.481 bits per heavy atom. The molecule has 0 radical (unpaired) electrons. The number of ether oxygens (including phenoxy) is 4. The van der Waals surface area contributed by atoms with Crippen molar-refractivity contribution >= 4 is 5.91 Å². The third-order valence-electron chi connectivity index (χ3n) is 14.7. The molecular weight excluding hydrogens is 979 g/mol. The van der Waals surface area contributed by atoms with Crippen molar-refractivity contribution in [3.8, 4) is 0 Å². The van der Waals surface area contributed by atoms with Crippen LogP contribution in [0.4, 0.5) is 0 Å². The number of unbranched alkanes of at least 4 members (excludes halogenated alkanes) is 23. The van der Waals surface area contributed by atoms with Crippen molar-refractivity contribution in [1.29, 1.82) is 0 Å². The van der Waals surface area contributed by atoms with Gasteiger partial charge in [0.1, 0.15) is 48.8 Å². The standard InChI is InChI=1S/C63H111NO13/c1-3-5-7-9-11-13-14-15-16-17-18-19-20-21-22-23-24-25-26-27-28-29-30-31-32-33-34-35-36-37-38-39-41-43-45-47-55(68)64-51(52(67)46-44-42-40-12-10-8-6-4-2)50-74-62-60(73)58(71)61(54(49-66)76-62)77-63-59(72)57(70)56(69)53(48-65)75-63/h5,7,11,13,15-16,18-19,21-22,24-25,51-54,56-63,65-67,69-73H,3-4,6,8-10,12,14,17,20,23,26-50H2,1-2H3,(H,64,68)/b7-5-,13-11-,16-15-,19-18-,22-21-,25-24-. The van der Waals surface area contributed by atoms with E-state index in [1.165, 1.54) is 109 Å². The fraction of sp³-hybridized carbons (Fsp3) is 0.794. The van der Waals surface area contributed by atoms with Gasteiger partial charge in [0.2, 0.25) is 5.91 Å². The molecule has 2 fully saturated rings. The first-order valence-corrected chi connectivity index (χ1v) is 30.7. The van der Waals surface area contributed by atoms with E-state index in [1.54, 1.807) is 0 Å². The second-order valence-corrected chi connectivity index (χ2v) is 21.5. The van der Waals surface area contributed by atoms with E-state index in [0.29, 0.717) is 12.8 Å². The molecule has 14 nitrogen and oxygen atoms in total. The summed E-state index contributed by atoms with van der Waals surface area (Å²) < 4.78 is 22.7. The predicted molar refractivity (Wildman–Crippen MR) is 309 cm³/mol. The van der Waals surface area contributed by atoms with Crippen molar-refractivity contribution in [2.75, 3.05) is 19.8 Å². The van der Waals surface area contributed by atoms with E-state index in [1.807, 2.05) is 0 Å². The third-order valence-corrected chi connectivity index (χ3v) is 14.7. The monoisotopic (exact) mass is 1090 g/mol. The Bertz CT molecular complexity index is 1570. The number of amides is 1. The Hall–Kier alpha value is -2.57. The molecule has 12 atom stereocenters. The molecule has 2 heterocycles. The molecule has 1 amide bonds. The number of rotatable bonds is 48. The highest BCUT2D eigenvalue weighted by molar-refractivity contribution is 5.76. The highest BCUT2D eigenvalue weighted by Crippen LogP contribution is 2.30. The van der Waals surface area contributed by atoms with Gasteiger partial charge in [0.25, 0.3) is 0 Å². The first-order chi connectivity index (χ1) is 37.6. The van der Waals surface area contributed by atoms with Crippen LogP contribution in [0.2, 0.25) is 0 Å². The lowest BCUT2D eigenvalue weighted by Crippen LogP contribution is -2.65. The number of allylic oxidation sites excluding steroid dienone is 12. The SMILES string of the molecule is CC/C=C\C/C=C\C/C=C\C/C=C\C/C=C\C/C=C\CCCCCCCCCCCCCCCCCCC(=O)NC(COC1OC(CO)C(OC2OC(CO)C(O)C(O)C2O)C(O)C1O)C(O)CCCCCCCCCC. The lowest BCUT2D eigenvalue weighted by Gasteiger charge is -2.46. The number of carbonyl (C=O) groups excluding carboxylic acids is 1. The van der Waals surface area contributed by atoms with E-state index < -0.39 is 86.8 Å². The maximum Gasteiger partial charge on any atom is 0.220 e. The molecule has 77 heavy (non-hydrogen) atoms. The topological polar surface area (TPSA) is 228 Å². The zero-order chi connectivity index (χ0) is 56.0. The van der Waals surface area contributed by atoms with Crippen molar-refractivity contribution in [1.82, 2.24) is 5.32 Å². The molecule has 14 heteroatoms. The van der Waals surface area contributed by atoms with Gasteiger partial charge in [-0.15, -0.1) is 0 Å². The van der Waals surface area contributed by atoms with Gasteiger partial charge in [0.15, 0.2) is 12.6 Å². The number of aliphatic hydroxyl groups is 8. The van der Waals surface area contributed by atoms with Gasteiger partial charge in [-0.05, 0) is 64.2 Å². The summed E-state index contributed by atoms with van der Waals surface area (Å²) in [7, 11) is 0. The van der Waals surface area contributed by atoms with Crippen LogP contribution >= 0.6 is 0 Å². The highest BCUT2D eigenvalue weighted by atomic mass is 16.7. The summed E-state index contributed by atoms with van der Waals surface area (Å²) in [5.74, 6) is -0.211. The van der Waals surface area contributed by atoms with Gasteiger partial charge in [0.05, 0.1) is 32.0 Å². The van der Waals surface area contributed by atoms with Crippen LogP contribution in [0, 0.1) is 0 Å². The van der Waals surface area contributed by atoms with E-state index in [2.05, 4.69) is 92.1 Å². The van der Waals surface area contributed by atoms with Crippen LogP contribution in [0.25, 0.3) is 0 Å². The number of nitrogens with one attached hydrogen (secondary N) is 1. The Morgan fingerprint density at radius 2 is 0.896 bits per heavy atom. The van der Waals surface area contributed by atoms with Crippen molar-refractivity contribution in [2.45, 2.75) is 299 Å². The summed E-state index contributed by atoms with van der Waals surface area (Å²) in [6.45, 7) is 2.70. The second-order valence-electron chi connectivity index (χ2n) is 21.5. The Labute approximate surface area is 466 Å². The van der Waals surface area contributed by atoms with Crippen LogP contribution in [0.5, 0.6) is 0 Å². The predicted octanol–water partition coefficient (Wildman–Crippen LogP) is 10.7. The summed E-state index contributed by atoms with van der Waals surface area (Å²) in [6, 6.07) is -0.828. The molecule has 0 bridgehead atoms. The first kappa shape index (κ1) is 70.5. The molecule has 2 aliphatic heterocycles. The molecule has 0 aromatic carbocycles. The molecule has 0 spiro atoms. The number of hydrogen-bond acceptors (Lipinski definition) is 13. The van der Waals surface area contributed by atoms with Gasteiger partial charge < -0.3 is 65.1 Å². The summed E-state index contributed by atoms with van der Waals surface area (Å²) in [4.78, 5) is 13.2. The number of carbonyl (C=O) groups is 1. The smallest absolute Gasteiger partial charge is 0.220 e. The van der Waals surface area contributed by atoms with Crippen molar-refractivity contribution < 1.29 is 64.6 Å². The number of hydrogen-bond donors (Lipinski definition) is 9. The minimum atomic E-state index is -1.78. The zero-order valence-corrected chi connectivity index (χ0v) is 47.9. The maximum absolute atomic E-state index is 13.2. The van der Waals surface area contributed by atoms with Gasteiger partial charge in [-0.1, -0.05) is 228 Å². The van der Waals surface area contributed by atoms with Gasteiger partial charge in [-0.25, -0.2) is 0 Å². The second kappa shape index (κ2) is 48.2. The summed E-state index contributed by atoms with van der Waals surface area (Å²) >= 11 is 0. The lowest BCUT2D eigenvalue weighted by molar-refractivity contribution is -0.359. The van der Waals surface area contributed by atoms with Crippen LogP contribution in [0.1, 0.15) is 226 Å². The van der Waals surface area contributed by atoms with Gasteiger partial charge >= 0.3 is 0 Å². The summed E-state index contributed by atoms with van der Waals surface area (Å²) in [5, 5.41) is 86.9. The molecule has 2 rings (SSSR count). The van der Waals surface area contributed by atoms with Crippen LogP contribution in [0.3, 0.4) is 0 Å². The third kappa shape index (κ3) is 33.7. The first-order valence-electron chi connectivity index (χ1n) is 30.7. The van der Waals surface area contributed by atoms with Crippen LogP contribution < -0.4 is 5.32 Å². The van der Waals surface area contributed by atoms with Crippen molar-refractivity contribution in [3.63, 3.8) is 0 Å². The molecule has 0 aliphatic carbocycles. The van der Waals surface area contributed by atoms with Gasteiger partial charge in [0, 0.05) is 6.42 Å². The zero-order valence-electron chi connectivity index (χ0n) is 47.9. The minimum absolute atomic E-state index is 0.211. The molecule has 12 unspecified atom stereocenters. The fourth-order valence-electron chi connectivity index (χ4n) is 9.77. The normalized spacial score (nSPS) is 25.2. The molecule has 2 saturated heterocycles. The van der Waals surface area contributed by atoms with E-state index in [4.69, 9.17) is 18.9 Å². The Kier molecular flexibility index (Phi) is 44.1. The van der Waals surface area contributed by atoms with E-state index in [9.17, 15) is 45.6 Å². The summed E-state index contributed by atoms with van der Waals surface area (Å²) in [6.07, 6.45) is 46.6. The molecule has 9 N–H and O–H groups in total. The quantitative estimate of drug-likeness (QED) is 0.0204. The molecule has 0 aromatic rings. The van der Waals surface area contributed by atoms with Crippen LogP contribution in [-0.4, -0.2) is 140 Å². The molecule has 2 aliphatic rings. The van der Waals surface area contributed by atoms with Crippen molar-refractivity contribution in [3.05, 3.63) is 72.9 Å². The molecule has 0 saturated carbocycles. The van der Waals surface area contributed by atoms with Gasteiger partial charge in [-0.3, -0.25) is 4.79 Å². The largest absolute Gasteiger partial charge is 0.394 e. The molecular formula is C63H111NO13. The van der Waals surface area contributed by atoms with Crippen LogP contribution in [-0.2, 0) is 23.7 Å².